The summed E-state index contributed by atoms with van der Waals surface area (Å²) in [6.45, 7) is 1.57. The zero-order valence-electron chi connectivity index (χ0n) is 15.2. The standard InChI is InChI=1S/C21H25NO4/c1-16(7-6-10-17-8-4-3-5-9-17)21(25)22(2)18-11-13-19(14-12-18)26-15-20(23)24/h3-5,8-9,11-14,16H,6-7,10,15H2,1-2H3,(H,23,24). The van der Waals surface area contributed by atoms with E-state index in [-0.39, 0.29) is 18.4 Å². The quantitative estimate of drug-likeness (QED) is 0.743. The van der Waals surface area contributed by atoms with Crippen molar-refractivity contribution >= 4 is 17.6 Å². The van der Waals surface area contributed by atoms with Crippen molar-refractivity contribution in [3.8, 4) is 5.75 Å². The van der Waals surface area contributed by atoms with Crippen molar-refractivity contribution in [3.63, 3.8) is 0 Å². The monoisotopic (exact) mass is 355 g/mol. The second-order valence-electron chi connectivity index (χ2n) is 6.35. The molecule has 0 fully saturated rings. The zero-order valence-corrected chi connectivity index (χ0v) is 15.2. The van der Waals surface area contributed by atoms with Gasteiger partial charge >= 0.3 is 5.97 Å². The number of amides is 1. The van der Waals surface area contributed by atoms with E-state index < -0.39 is 5.97 Å². The molecule has 0 bridgehead atoms. The van der Waals surface area contributed by atoms with E-state index in [0.717, 1.165) is 24.9 Å². The highest BCUT2D eigenvalue weighted by molar-refractivity contribution is 5.94. The maximum Gasteiger partial charge on any atom is 0.341 e. The number of nitrogens with zero attached hydrogens (tertiary/aromatic N) is 1. The fraction of sp³-hybridized carbons (Fsp3) is 0.333. The largest absolute Gasteiger partial charge is 0.482 e. The number of carbonyl (C=O) groups is 2. The second-order valence-corrected chi connectivity index (χ2v) is 6.35. The van der Waals surface area contributed by atoms with Crippen LogP contribution in [0.25, 0.3) is 0 Å². The average molecular weight is 355 g/mol. The van der Waals surface area contributed by atoms with Gasteiger partial charge in [-0.2, -0.15) is 0 Å². The van der Waals surface area contributed by atoms with Crippen molar-refractivity contribution in [2.45, 2.75) is 26.2 Å². The molecule has 2 aromatic rings. The molecule has 0 aliphatic carbocycles. The summed E-state index contributed by atoms with van der Waals surface area (Å²) in [5.41, 5.74) is 2.05. The molecule has 1 atom stereocenters. The van der Waals surface area contributed by atoms with E-state index >= 15 is 0 Å². The summed E-state index contributed by atoms with van der Waals surface area (Å²) in [6.07, 6.45) is 2.77. The van der Waals surface area contributed by atoms with Crippen molar-refractivity contribution in [1.29, 1.82) is 0 Å². The van der Waals surface area contributed by atoms with Crippen LogP contribution >= 0.6 is 0 Å². The Hall–Kier alpha value is -2.82. The third-order valence-corrected chi connectivity index (χ3v) is 4.28. The molecule has 1 unspecified atom stereocenters. The Morgan fingerprint density at radius 3 is 2.35 bits per heavy atom. The van der Waals surface area contributed by atoms with Crippen LogP contribution in [0.3, 0.4) is 0 Å². The molecule has 0 aliphatic heterocycles. The Morgan fingerprint density at radius 2 is 1.73 bits per heavy atom. The lowest BCUT2D eigenvalue weighted by Crippen LogP contribution is -2.31. The van der Waals surface area contributed by atoms with E-state index in [9.17, 15) is 9.59 Å². The van der Waals surface area contributed by atoms with Crippen LogP contribution in [0.4, 0.5) is 5.69 Å². The van der Waals surface area contributed by atoms with Crippen molar-refractivity contribution < 1.29 is 19.4 Å². The van der Waals surface area contributed by atoms with Gasteiger partial charge in [0.2, 0.25) is 5.91 Å². The molecule has 5 heteroatoms. The number of anilines is 1. The molecule has 1 amide bonds. The van der Waals surface area contributed by atoms with E-state index in [0.29, 0.717) is 5.75 Å². The van der Waals surface area contributed by atoms with Gasteiger partial charge in [0.15, 0.2) is 6.61 Å². The van der Waals surface area contributed by atoms with Gasteiger partial charge < -0.3 is 14.7 Å². The van der Waals surface area contributed by atoms with Crippen molar-refractivity contribution in [1.82, 2.24) is 0 Å². The van der Waals surface area contributed by atoms with E-state index in [1.165, 1.54) is 5.56 Å². The van der Waals surface area contributed by atoms with Gasteiger partial charge in [0.1, 0.15) is 5.75 Å². The average Bonchev–Trinajstić information content (AvgIpc) is 2.66. The summed E-state index contributed by atoms with van der Waals surface area (Å²) >= 11 is 0. The number of aryl methyl sites for hydroxylation is 1. The molecule has 5 nitrogen and oxygen atoms in total. The molecule has 0 aliphatic rings. The summed E-state index contributed by atoms with van der Waals surface area (Å²) in [6, 6.07) is 17.1. The molecule has 0 heterocycles. The van der Waals surface area contributed by atoms with Gasteiger partial charge in [0, 0.05) is 18.7 Å². The third-order valence-electron chi connectivity index (χ3n) is 4.28. The van der Waals surface area contributed by atoms with Crippen LogP contribution in [-0.2, 0) is 16.0 Å². The maximum absolute atomic E-state index is 12.6. The highest BCUT2D eigenvalue weighted by Crippen LogP contribution is 2.21. The highest BCUT2D eigenvalue weighted by Gasteiger charge is 2.18. The van der Waals surface area contributed by atoms with Crippen LogP contribution in [0.5, 0.6) is 5.75 Å². The summed E-state index contributed by atoms with van der Waals surface area (Å²) in [4.78, 5) is 24.7. The topological polar surface area (TPSA) is 66.8 Å². The van der Waals surface area contributed by atoms with Crippen LogP contribution in [0, 0.1) is 5.92 Å². The molecule has 1 N–H and O–H groups in total. The molecular weight excluding hydrogens is 330 g/mol. The summed E-state index contributed by atoms with van der Waals surface area (Å²) in [5, 5.41) is 8.62. The number of hydrogen-bond donors (Lipinski definition) is 1. The molecule has 0 aromatic heterocycles. The Morgan fingerprint density at radius 1 is 1.08 bits per heavy atom. The first-order chi connectivity index (χ1) is 12.5. The molecule has 0 spiro atoms. The number of carbonyl (C=O) groups excluding carboxylic acids is 1. The first-order valence-corrected chi connectivity index (χ1v) is 8.73. The molecule has 138 valence electrons. The second kappa shape index (κ2) is 9.61. The Bertz CT molecular complexity index is 713. The predicted molar refractivity (Wildman–Crippen MR) is 102 cm³/mol. The zero-order chi connectivity index (χ0) is 18.9. The third kappa shape index (κ3) is 5.92. The summed E-state index contributed by atoms with van der Waals surface area (Å²) in [7, 11) is 1.75. The fourth-order valence-corrected chi connectivity index (χ4v) is 2.75. The Labute approximate surface area is 154 Å². The number of aliphatic carboxylic acids is 1. The van der Waals surface area contributed by atoms with Crippen molar-refractivity contribution in [2.24, 2.45) is 5.92 Å². The first-order valence-electron chi connectivity index (χ1n) is 8.73. The molecule has 0 radical (unpaired) electrons. The van der Waals surface area contributed by atoms with E-state index in [1.54, 1.807) is 36.2 Å². The van der Waals surface area contributed by atoms with Gasteiger partial charge in [-0.15, -0.1) is 0 Å². The smallest absolute Gasteiger partial charge is 0.341 e. The Kier molecular flexibility index (Phi) is 7.21. The molecule has 2 rings (SSSR count). The number of carboxylic acid groups (broad SMARTS) is 1. The summed E-state index contributed by atoms with van der Waals surface area (Å²) in [5.74, 6) is -0.553. The van der Waals surface area contributed by atoms with Crippen LogP contribution in [-0.4, -0.2) is 30.6 Å². The van der Waals surface area contributed by atoms with Gasteiger partial charge in [-0.25, -0.2) is 4.79 Å². The minimum atomic E-state index is -1.02. The van der Waals surface area contributed by atoms with Gasteiger partial charge in [-0.05, 0) is 49.1 Å². The lowest BCUT2D eigenvalue weighted by Gasteiger charge is -2.22. The lowest BCUT2D eigenvalue weighted by molar-refractivity contribution is -0.139. The van der Waals surface area contributed by atoms with E-state index in [2.05, 4.69) is 12.1 Å². The van der Waals surface area contributed by atoms with E-state index in [1.807, 2.05) is 25.1 Å². The number of rotatable bonds is 9. The Balaban J connectivity index is 1.84. The van der Waals surface area contributed by atoms with Crippen LogP contribution in [0.2, 0.25) is 0 Å². The first kappa shape index (κ1) is 19.5. The van der Waals surface area contributed by atoms with Crippen molar-refractivity contribution in [2.75, 3.05) is 18.6 Å². The molecule has 2 aromatic carbocycles. The fourth-order valence-electron chi connectivity index (χ4n) is 2.75. The molecule has 26 heavy (non-hydrogen) atoms. The maximum atomic E-state index is 12.6. The lowest BCUT2D eigenvalue weighted by atomic mass is 10.00. The van der Waals surface area contributed by atoms with E-state index in [4.69, 9.17) is 9.84 Å². The van der Waals surface area contributed by atoms with Gasteiger partial charge in [-0.1, -0.05) is 37.3 Å². The highest BCUT2D eigenvalue weighted by atomic mass is 16.5. The molecule has 0 saturated heterocycles. The van der Waals surface area contributed by atoms with Crippen molar-refractivity contribution in [3.05, 3.63) is 60.2 Å². The SMILES string of the molecule is CC(CCCc1ccccc1)C(=O)N(C)c1ccc(OCC(=O)O)cc1. The minimum Gasteiger partial charge on any atom is -0.482 e. The summed E-state index contributed by atoms with van der Waals surface area (Å²) < 4.78 is 5.10. The van der Waals surface area contributed by atoms with Crippen LogP contribution in [0.1, 0.15) is 25.3 Å². The number of benzene rings is 2. The predicted octanol–water partition coefficient (Wildman–Crippen LogP) is 3.77. The van der Waals surface area contributed by atoms with Crippen LogP contribution < -0.4 is 9.64 Å². The van der Waals surface area contributed by atoms with Gasteiger partial charge in [0.25, 0.3) is 0 Å². The number of carboxylic acids is 1. The van der Waals surface area contributed by atoms with Crippen LogP contribution in [0.15, 0.2) is 54.6 Å². The number of ether oxygens (including phenoxy) is 1. The van der Waals surface area contributed by atoms with Gasteiger partial charge in [0.05, 0.1) is 0 Å². The normalized spacial score (nSPS) is 11.6. The molecular formula is C21H25NO4. The minimum absolute atomic E-state index is 0.0633. The number of hydrogen-bond acceptors (Lipinski definition) is 3. The van der Waals surface area contributed by atoms with Gasteiger partial charge in [-0.3, -0.25) is 4.79 Å². The molecule has 0 saturated carbocycles.